The highest BCUT2D eigenvalue weighted by Gasteiger charge is 2.21. The fourth-order valence-corrected chi connectivity index (χ4v) is 2.14. The minimum Gasteiger partial charge on any atom is -0.420 e. The third-order valence-corrected chi connectivity index (χ3v) is 3.54. The number of nitrogens with zero attached hydrogens (tertiary/aromatic N) is 2. The van der Waals surface area contributed by atoms with Crippen molar-refractivity contribution < 1.29 is 13.2 Å². The van der Waals surface area contributed by atoms with Gasteiger partial charge in [0.1, 0.15) is 17.2 Å². The number of benzene rings is 1. The van der Waals surface area contributed by atoms with Gasteiger partial charge in [-0.2, -0.15) is 0 Å². The van der Waals surface area contributed by atoms with Gasteiger partial charge in [-0.05, 0) is 44.4 Å². The van der Waals surface area contributed by atoms with E-state index in [0.717, 1.165) is 13.0 Å². The van der Waals surface area contributed by atoms with Crippen LogP contribution in [0.15, 0.2) is 16.5 Å². The highest BCUT2D eigenvalue weighted by molar-refractivity contribution is 5.56. The first-order valence-electron chi connectivity index (χ1n) is 7.16. The second-order valence-corrected chi connectivity index (χ2v) is 5.39. The van der Waals surface area contributed by atoms with Crippen molar-refractivity contribution in [2.24, 2.45) is 0 Å². The van der Waals surface area contributed by atoms with E-state index >= 15 is 0 Å². The molecule has 0 spiro atoms. The van der Waals surface area contributed by atoms with E-state index in [0.29, 0.717) is 23.9 Å². The summed E-state index contributed by atoms with van der Waals surface area (Å²) in [5, 5.41) is 11.0. The van der Waals surface area contributed by atoms with Crippen molar-refractivity contribution in [1.29, 1.82) is 0 Å². The van der Waals surface area contributed by atoms with Gasteiger partial charge in [0, 0.05) is 12.5 Å². The molecular weight excluding hydrogens is 276 g/mol. The van der Waals surface area contributed by atoms with Crippen LogP contribution in [0.3, 0.4) is 0 Å². The van der Waals surface area contributed by atoms with E-state index in [1.54, 1.807) is 6.92 Å². The van der Waals surface area contributed by atoms with Gasteiger partial charge in [-0.15, -0.1) is 10.2 Å². The largest absolute Gasteiger partial charge is 0.420 e. The zero-order chi connectivity index (χ0) is 14.8. The molecule has 1 saturated carbocycles. The minimum atomic E-state index is -0.691. The number of halogens is 2. The number of aromatic nitrogens is 2. The molecule has 112 valence electrons. The first kappa shape index (κ1) is 14.1. The second-order valence-electron chi connectivity index (χ2n) is 5.39. The molecular formula is C15H17F2N3O. The van der Waals surface area contributed by atoms with Gasteiger partial charge >= 0.3 is 0 Å². The first-order chi connectivity index (χ1) is 10.1. The van der Waals surface area contributed by atoms with Crippen molar-refractivity contribution in [2.45, 2.75) is 38.6 Å². The zero-order valence-corrected chi connectivity index (χ0v) is 11.8. The summed E-state index contributed by atoms with van der Waals surface area (Å²) in [5.41, 5.74) is 0.102. The fraction of sp³-hybridized carbons (Fsp3) is 0.467. The van der Waals surface area contributed by atoms with E-state index < -0.39 is 11.6 Å². The lowest BCUT2D eigenvalue weighted by atomic mass is 10.1. The van der Waals surface area contributed by atoms with Gasteiger partial charge in [-0.25, -0.2) is 8.78 Å². The molecule has 1 heterocycles. The molecule has 0 atom stereocenters. The maximum Gasteiger partial charge on any atom is 0.253 e. The van der Waals surface area contributed by atoms with Gasteiger partial charge in [0.15, 0.2) is 0 Å². The van der Waals surface area contributed by atoms with Gasteiger partial charge in [0.25, 0.3) is 5.89 Å². The lowest BCUT2D eigenvalue weighted by molar-refractivity contribution is 0.482. The van der Waals surface area contributed by atoms with Crippen LogP contribution in [0.4, 0.5) is 8.78 Å². The molecule has 4 nitrogen and oxygen atoms in total. The predicted octanol–water partition coefficient (Wildman–Crippen LogP) is 3.01. The molecule has 1 N–H and O–H groups in total. The lowest BCUT2D eigenvalue weighted by Crippen LogP contribution is -2.17. The summed E-state index contributed by atoms with van der Waals surface area (Å²) in [7, 11) is 0. The molecule has 6 heteroatoms. The Morgan fingerprint density at radius 1 is 1.29 bits per heavy atom. The van der Waals surface area contributed by atoms with Crippen LogP contribution in [0, 0.1) is 18.6 Å². The van der Waals surface area contributed by atoms with E-state index in [2.05, 4.69) is 15.5 Å². The summed E-state index contributed by atoms with van der Waals surface area (Å²) in [6.07, 6.45) is 3.95. The number of hydrogen-bond acceptors (Lipinski definition) is 4. The van der Waals surface area contributed by atoms with E-state index in [-0.39, 0.29) is 11.5 Å². The molecule has 0 saturated heterocycles. The molecule has 0 amide bonds. The van der Waals surface area contributed by atoms with Crippen molar-refractivity contribution in [3.63, 3.8) is 0 Å². The van der Waals surface area contributed by atoms with E-state index in [1.165, 1.54) is 25.0 Å². The summed E-state index contributed by atoms with van der Waals surface area (Å²) in [6.45, 7) is 2.45. The number of nitrogens with one attached hydrogen (secondary N) is 1. The fourth-order valence-electron chi connectivity index (χ4n) is 2.14. The molecule has 2 aromatic rings. The van der Waals surface area contributed by atoms with Crippen LogP contribution in [-0.4, -0.2) is 22.8 Å². The third-order valence-electron chi connectivity index (χ3n) is 3.54. The monoisotopic (exact) mass is 293 g/mol. The average molecular weight is 293 g/mol. The van der Waals surface area contributed by atoms with Crippen molar-refractivity contribution in [3.8, 4) is 11.5 Å². The van der Waals surface area contributed by atoms with Crippen LogP contribution in [0.1, 0.15) is 30.7 Å². The van der Waals surface area contributed by atoms with E-state index in [4.69, 9.17) is 4.42 Å². The van der Waals surface area contributed by atoms with Crippen molar-refractivity contribution >= 4 is 0 Å². The average Bonchev–Trinajstić information content (AvgIpc) is 3.18. The summed E-state index contributed by atoms with van der Waals surface area (Å²) in [6, 6.07) is 3.25. The van der Waals surface area contributed by atoms with Crippen LogP contribution >= 0.6 is 0 Å². The Bertz CT molecular complexity index is 638. The molecule has 21 heavy (non-hydrogen) atoms. The topological polar surface area (TPSA) is 51.0 Å². The minimum absolute atomic E-state index is 0.0983. The summed E-state index contributed by atoms with van der Waals surface area (Å²) in [4.78, 5) is 0. The summed E-state index contributed by atoms with van der Waals surface area (Å²) in [5.74, 6) is -1.04. The van der Waals surface area contributed by atoms with Crippen molar-refractivity contribution in [1.82, 2.24) is 15.5 Å². The second kappa shape index (κ2) is 5.89. The van der Waals surface area contributed by atoms with Crippen molar-refractivity contribution in [2.75, 3.05) is 6.54 Å². The quantitative estimate of drug-likeness (QED) is 0.832. The molecule has 0 unspecified atom stereocenters. The molecule has 3 rings (SSSR count). The van der Waals surface area contributed by atoms with Crippen LogP contribution in [0.5, 0.6) is 0 Å². The maximum absolute atomic E-state index is 14.0. The zero-order valence-electron chi connectivity index (χ0n) is 11.8. The highest BCUT2D eigenvalue weighted by Crippen LogP contribution is 2.27. The molecule has 0 aliphatic heterocycles. The van der Waals surface area contributed by atoms with Crippen molar-refractivity contribution in [3.05, 3.63) is 35.2 Å². The van der Waals surface area contributed by atoms with Crippen LogP contribution in [0.25, 0.3) is 11.5 Å². The highest BCUT2D eigenvalue weighted by atomic mass is 19.1. The molecule has 1 aromatic heterocycles. The molecule has 1 fully saturated rings. The Labute approximate surface area is 121 Å². The Hall–Kier alpha value is -1.82. The molecule has 1 aliphatic rings. The standard InChI is InChI=1S/C15H17F2N3O/c1-9-4-7-11(16)13(14(9)17)15-20-19-12(21-15)3-2-8-18-10-5-6-10/h4,7,10,18H,2-3,5-6,8H2,1H3. The molecule has 1 aromatic carbocycles. The maximum atomic E-state index is 14.0. The number of aryl methyl sites for hydroxylation is 2. The smallest absolute Gasteiger partial charge is 0.253 e. The first-order valence-corrected chi connectivity index (χ1v) is 7.16. The van der Waals surface area contributed by atoms with E-state index in [1.807, 2.05) is 0 Å². The van der Waals surface area contributed by atoms with Gasteiger partial charge in [-0.3, -0.25) is 0 Å². The van der Waals surface area contributed by atoms with Crippen LogP contribution in [0.2, 0.25) is 0 Å². The predicted molar refractivity (Wildman–Crippen MR) is 73.7 cm³/mol. The molecule has 0 radical (unpaired) electrons. The summed E-state index contributed by atoms with van der Waals surface area (Å²) < 4.78 is 33.1. The van der Waals surface area contributed by atoms with Gasteiger partial charge < -0.3 is 9.73 Å². The van der Waals surface area contributed by atoms with Gasteiger partial charge in [-0.1, -0.05) is 6.07 Å². The molecule has 1 aliphatic carbocycles. The van der Waals surface area contributed by atoms with Crippen LogP contribution < -0.4 is 5.32 Å². The number of rotatable bonds is 6. The Morgan fingerprint density at radius 2 is 2.10 bits per heavy atom. The molecule has 0 bridgehead atoms. The van der Waals surface area contributed by atoms with E-state index in [9.17, 15) is 8.78 Å². The van der Waals surface area contributed by atoms with Gasteiger partial charge in [0.05, 0.1) is 0 Å². The lowest BCUT2D eigenvalue weighted by Gasteiger charge is -2.02. The Balaban J connectivity index is 1.68. The Morgan fingerprint density at radius 3 is 2.86 bits per heavy atom. The SMILES string of the molecule is Cc1ccc(F)c(-c2nnc(CCCNC3CC3)o2)c1F. The number of hydrogen-bond donors (Lipinski definition) is 1. The summed E-state index contributed by atoms with van der Waals surface area (Å²) >= 11 is 0. The van der Waals surface area contributed by atoms with Crippen LogP contribution in [-0.2, 0) is 6.42 Å². The normalized spacial score (nSPS) is 14.6. The van der Waals surface area contributed by atoms with Gasteiger partial charge in [0.2, 0.25) is 5.89 Å². The Kier molecular flexibility index (Phi) is 3.96. The third kappa shape index (κ3) is 3.26.